The van der Waals surface area contributed by atoms with Gasteiger partial charge in [-0.2, -0.15) is 0 Å². The van der Waals surface area contributed by atoms with Crippen molar-refractivity contribution in [1.29, 1.82) is 0 Å². The first-order valence-electron chi connectivity index (χ1n) is 6.06. The van der Waals surface area contributed by atoms with Gasteiger partial charge in [-0.05, 0) is 30.8 Å². The van der Waals surface area contributed by atoms with Crippen LogP contribution in [0.15, 0.2) is 36.4 Å². The van der Waals surface area contributed by atoms with E-state index in [4.69, 9.17) is 16.3 Å². The summed E-state index contributed by atoms with van der Waals surface area (Å²) >= 11 is 6.08. The van der Waals surface area contributed by atoms with Gasteiger partial charge in [-0.3, -0.25) is 10.1 Å². The van der Waals surface area contributed by atoms with E-state index in [1.54, 1.807) is 19.2 Å². The standard InChI is InChI=1S/C14H12ClFN2O3/c1-17-8-9-2-4-11(7-12(9)15)21-14-6-10(16)3-5-13(14)18(19)20/h2-7,17H,8H2,1H3. The van der Waals surface area contributed by atoms with Crippen LogP contribution in [0.2, 0.25) is 5.02 Å². The first-order chi connectivity index (χ1) is 10.0. The quantitative estimate of drug-likeness (QED) is 0.672. The number of nitrogens with one attached hydrogen (secondary N) is 1. The molecule has 110 valence electrons. The number of halogens is 2. The Balaban J connectivity index is 2.32. The molecule has 2 aromatic rings. The highest BCUT2D eigenvalue weighted by Crippen LogP contribution is 2.33. The number of hydrogen-bond acceptors (Lipinski definition) is 4. The fourth-order valence-corrected chi connectivity index (χ4v) is 2.01. The molecule has 0 aliphatic heterocycles. The van der Waals surface area contributed by atoms with E-state index >= 15 is 0 Å². The summed E-state index contributed by atoms with van der Waals surface area (Å²) in [5, 5.41) is 14.3. The van der Waals surface area contributed by atoms with Crippen LogP contribution in [-0.4, -0.2) is 12.0 Å². The van der Waals surface area contributed by atoms with Gasteiger partial charge in [-0.25, -0.2) is 4.39 Å². The zero-order chi connectivity index (χ0) is 15.4. The lowest BCUT2D eigenvalue weighted by atomic mass is 10.2. The Kier molecular flexibility index (Phi) is 4.72. The summed E-state index contributed by atoms with van der Waals surface area (Å²) in [6.45, 7) is 0.583. The second-order valence-electron chi connectivity index (χ2n) is 4.25. The molecule has 2 rings (SSSR count). The molecule has 21 heavy (non-hydrogen) atoms. The highest BCUT2D eigenvalue weighted by Gasteiger charge is 2.17. The van der Waals surface area contributed by atoms with Crippen LogP contribution in [0.1, 0.15) is 5.56 Å². The van der Waals surface area contributed by atoms with Crippen molar-refractivity contribution in [2.75, 3.05) is 7.05 Å². The van der Waals surface area contributed by atoms with Crippen LogP contribution >= 0.6 is 11.6 Å². The van der Waals surface area contributed by atoms with Crippen LogP contribution in [0, 0.1) is 15.9 Å². The fourth-order valence-electron chi connectivity index (χ4n) is 1.77. The van der Waals surface area contributed by atoms with Crippen LogP contribution in [0.3, 0.4) is 0 Å². The predicted octanol–water partition coefficient (Wildman–Crippen LogP) is 3.90. The molecule has 0 saturated heterocycles. The molecule has 1 N–H and O–H groups in total. The molecule has 0 radical (unpaired) electrons. The third kappa shape index (κ3) is 3.68. The Morgan fingerprint density at radius 2 is 2.10 bits per heavy atom. The van der Waals surface area contributed by atoms with Crippen LogP contribution in [-0.2, 0) is 6.54 Å². The van der Waals surface area contributed by atoms with Gasteiger partial charge in [0, 0.05) is 23.7 Å². The molecular weight excluding hydrogens is 299 g/mol. The monoisotopic (exact) mass is 310 g/mol. The minimum Gasteiger partial charge on any atom is -0.450 e. The molecule has 0 bridgehead atoms. The van der Waals surface area contributed by atoms with Crippen molar-refractivity contribution in [3.05, 3.63) is 62.9 Å². The maximum absolute atomic E-state index is 13.2. The van der Waals surface area contributed by atoms with Gasteiger partial charge in [-0.15, -0.1) is 0 Å². The van der Waals surface area contributed by atoms with Gasteiger partial charge in [-0.1, -0.05) is 17.7 Å². The molecule has 0 fully saturated rings. The number of benzene rings is 2. The van der Waals surface area contributed by atoms with Gasteiger partial charge < -0.3 is 10.1 Å². The van der Waals surface area contributed by atoms with Crippen LogP contribution in [0.4, 0.5) is 10.1 Å². The summed E-state index contributed by atoms with van der Waals surface area (Å²) in [7, 11) is 1.79. The first kappa shape index (κ1) is 15.2. The summed E-state index contributed by atoms with van der Waals surface area (Å²) in [5.74, 6) is -0.487. The van der Waals surface area contributed by atoms with E-state index in [1.165, 1.54) is 6.07 Å². The minimum absolute atomic E-state index is 0.169. The lowest BCUT2D eigenvalue weighted by molar-refractivity contribution is -0.385. The van der Waals surface area contributed by atoms with Crippen molar-refractivity contribution in [1.82, 2.24) is 5.32 Å². The van der Waals surface area contributed by atoms with E-state index in [1.807, 2.05) is 0 Å². The zero-order valence-corrected chi connectivity index (χ0v) is 11.9. The van der Waals surface area contributed by atoms with Gasteiger partial charge in [0.15, 0.2) is 0 Å². The smallest absolute Gasteiger partial charge is 0.311 e. The Labute approximate surface area is 125 Å². The Bertz CT molecular complexity index is 679. The average Bonchev–Trinajstić information content (AvgIpc) is 2.42. The van der Waals surface area contributed by atoms with Crippen molar-refractivity contribution in [2.24, 2.45) is 0 Å². The predicted molar refractivity (Wildman–Crippen MR) is 77.3 cm³/mol. The number of nitrogens with zero attached hydrogens (tertiary/aromatic N) is 1. The van der Waals surface area contributed by atoms with Gasteiger partial charge in [0.05, 0.1) is 4.92 Å². The lowest BCUT2D eigenvalue weighted by Crippen LogP contribution is -2.05. The second-order valence-corrected chi connectivity index (χ2v) is 4.66. The van der Waals surface area contributed by atoms with Gasteiger partial charge >= 0.3 is 5.69 Å². The van der Waals surface area contributed by atoms with Crippen LogP contribution < -0.4 is 10.1 Å². The third-order valence-corrected chi connectivity index (χ3v) is 3.09. The summed E-state index contributed by atoms with van der Waals surface area (Å²) in [6.07, 6.45) is 0. The number of nitro benzene ring substituents is 1. The number of rotatable bonds is 5. The normalized spacial score (nSPS) is 10.4. The van der Waals surface area contributed by atoms with Crippen molar-refractivity contribution in [3.8, 4) is 11.5 Å². The number of hydrogen-bond donors (Lipinski definition) is 1. The molecule has 0 aliphatic carbocycles. The van der Waals surface area contributed by atoms with Crippen molar-refractivity contribution in [2.45, 2.75) is 6.54 Å². The second kappa shape index (κ2) is 6.51. The Hall–Kier alpha value is -2.18. The van der Waals surface area contributed by atoms with Crippen molar-refractivity contribution < 1.29 is 14.1 Å². The van der Waals surface area contributed by atoms with Crippen LogP contribution in [0.5, 0.6) is 11.5 Å². The van der Waals surface area contributed by atoms with Crippen molar-refractivity contribution >= 4 is 17.3 Å². The highest BCUT2D eigenvalue weighted by molar-refractivity contribution is 6.31. The van der Waals surface area contributed by atoms with E-state index in [2.05, 4.69) is 5.32 Å². The maximum Gasteiger partial charge on any atom is 0.311 e. The zero-order valence-electron chi connectivity index (χ0n) is 11.1. The molecule has 0 aromatic heterocycles. The summed E-state index contributed by atoms with van der Waals surface area (Å²) in [5.41, 5.74) is 0.548. The Morgan fingerprint density at radius 1 is 1.33 bits per heavy atom. The SMILES string of the molecule is CNCc1ccc(Oc2cc(F)ccc2[N+](=O)[O-])cc1Cl. The van der Waals surface area contributed by atoms with E-state index in [-0.39, 0.29) is 11.4 Å². The molecular formula is C14H12ClFN2O3. The van der Waals surface area contributed by atoms with Crippen LogP contribution in [0.25, 0.3) is 0 Å². The molecule has 0 amide bonds. The maximum atomic E-state index is 13.2. The highest BCUT2D eigenvalue weighted by atomic mass is 35.5. The number of ether oxygens (including phenoxy) is 1. The molecule has 7 heteroatoms. The lowest BCUT2D eigenvalue weighted by Gasteiger charge is -2.09. The summed E-state index contributed by atoms with van der Waals surface area (Å²) < 4.78 is 18.6. The first-order valence-corrected chi connectivity index (χ1v) is 6.44. The summed E-state index contributed by atoms with van der Waals surface area (Å²) in [6, 6.07) is 7.92. The van der Waals surface area contributed by atoms with Crippen molar-refractivity contribution in [3.63, 3.8) is 0 Å². The molecule has 0 aliphatic rings. The third-order valence-electron chi connectivity index (χ3n) is 2.74. The molecule has 0 saturated carbocycles. The van der Waals surface area contributed by atoms with Gasteiger partial charge in [0.2, 0.25) is 5.75 Å². The number of nitro groups is 1. The van der Waals surface area contributed by atoms with Gasteiger partial charge in [0.1, 0.15) is 11.6 Å². The largest absolute Gasteiger partial charge is 0.450 e. The van der Waals surface area contributed by atoms with E-state index in [0.29, 0.717) is 17.3 Å². The minimum atomic E-state index is -0.633. The molecule has 2 aromatic carbocycles. The fraction of sp³-hybridized carbons (Fsp3) is 0.143. The average molecular weight is 311 g/mol. The molecule has 5 nitrogen and oxygen atoms in total. The van der Waals surface area contributed by atoms with E-state index < -0.39 is 10.7 Å². The summed E-state index contributed by atoms with van der Waals surface area (Å²) in [4.78, 5) is 10.3. The van der Waals surface area contributed by atoms with Gasteiger partial charge in [0.25, 0.3) is 0 Å². The molecule has 0 unspecified atom stereocenters. The molecule has 0 atom stereocenters. The molecule has 0 spiro atoms. The van der Waals surface area contributed by atoms with E-state index in [0.717, 1.165) is 23.8 Å². The Morgan fingerprint density at radius 3 is 2.71 bits per heavy atom. The topological polar surface area (TPSA) is 64.4 Å². The van der Waals surface area contributed by atoms with E-state index in [9.17, 15) is 14.5 Å². The molecule has 0 heterocycles.